The number of rotatable bonds is 5. The molecule has 1 heterocycles. The van der Waals surface area contributed by atoms with Gasteiger partial charge in [0.2, 0.25) is 6.29 Å². The zero-order chi connectivity index (χ0) is 22.1. The Kier molecular flexibility index (Phi) is 6.66. The first-order valence-electron chi connectivity index (χ1n) is 9.32. The van der Waals surface area contributed by atoms with Gasteiger partial charge in [-0.1, -0.05) is 23.7 Å². The summed E-state index contributed by atoms with van der Waals surface area (Å²) in [7, 11) is 1.55. The minimum absolute atomic E-state index is 0.219. The predicted molar refractivity (Wildman–Crippen MR) is 109 cm³/mol. The highest BCUT2D eigenvalue weighted by molar-refractivity contribution is 6.33. The summed E-state index contributed by atoms with van der Waals surface area (Å²) in [5, 5.41) is 42.9. The van der Waals surface area contributed by atoms with E-state index < -0.39 is 36.8 Å². The first kappa shape index (κ1) is 22.5. The average molecular weight is 438 g/mol. The summed E-state index contributed by atoms with van der Waals surface area (Å²) in [6, 6.07) is 11.7. The normalized spacial score (nSPS) is 28.8. The zero-order valence-corrected chi connectivity index (χ0v) is 17.2. The van der Waals surface area contributed by atoms with Gasteiger partial charge in [0.05, 0.1) is 11.6 Å². The van der Waals surface area contributed by atoms with Gasteiger partial charge in [-0.3, -0.25) is 4.79 Å². The van der Waals surface area contributed by atoms with Crippen molar-refractivity contribution in [1.29, 1.82) is 0 Å². The van der Waals surface area contributed by atoms with Crippen molar-refractivity contribution >= 4 is 17.5 Å². The van der Waals surface area contributed by atoms with Gasteiger partial charge in [-0.2, -0.15) is 0 Å². The van der Waals surface area contributed by atoms with Crippen LogP contribution in [0.3, 0.4) is 0 Å². The molecule has 2 aromatic rings. The van der Waals surface area contributed by atoms with Crippen LogP contribution in [-0.2, 0) is 4.74 Å². The summed E-state index contributed by atoms with van der Waals surface area (Å²) in [6.07, 6.45) is -5.53. The van der Waals surface area contributed by atoms with Crippen LogP contribution in [0, 0.1) is 0 Å². The summed E-state index contributed by atoms with van der Waals surface area (Å²) in [4.78, 5) is 11.9. The van der Waals surface area contributed by atoms with E-state index in [1.165, 1.54) is 13.0 Å². The van der Waals surface area contributed by atoms with Crippen molar-refractivity contribution in [2.45, 2.75) is 37.1 Å². The summed E-state index contributed by atoms with van der Waals surface area (Å²) in [5.74, 6) is 0.0283. The van der Waals surface area contributed by atoms with Crippen LogP contribution in [0.4, 0.5) is 0 Å². The van der Waals surface area contributed by atoms with Crippen LogP contribution in [0.1, 0.15) is 17.3 Å². The summed E-state index contributed by atoms with van der Waals surface area (Å²) >= 11 is 6.41. The number of carbonyl (C=O) groups excluding carboxylic acids is 1. The molecular formula is C21H24ClNO7. The van der Waals surface area contributed by atoms with Gasteiger partial charge in [-0.05, 0) is 42.8 Å². The van der Waals surface area contributed by atoms with Crippen LogP contribution < -0.4 is 10.1 Å². The highest BCUT2D eigenvalue weighted by Gasteiger charge is 2.53. The smallest absolute Gasteiger partial charge is 0.251 e. The van der Waals surface area contributed by atoms with Gasteiger partial charge in [-0.25, -0.2) is 0 Å². The van der Waals surface area contributed by atoms with Gasteiger partial charge in [0, 0.05) is 18.2 Å². The standard InChI is InChI=1S/C21H24ClNO7/c1-21(28)18(26)17(25)16(10-24)30-20(21)29-13-6-7-14(15(22)9-13)11-4-3-5-12(8-11)19(27)23-2/h3-9,16-18,20,24-26,28H,10H2,1-2H3,(H,23,27). The number of aliphatic hydroxyl groups is 4. The highest BCUT2D eigenvalue weighted by atomic mass is 35.5. The summed E-state index contributed by atoms with van der Waals surface area (Å²) in [6.45, 7) is 0.703. The minimum atomic E-state index is -1.93. The summed E-state index contributed by atoms with van der Waals surface area (Å²) < 4.78 is 11.1. The maximum Gasteiger partial charge on any atom is 0.251 e. The number of hydrogen-bond acceptors (Lipinski definition) is 7. The second-order valence-electron chi connectivity index (χ2n) is 7.27. The molecule has 1 aliphatic rings. The highest BCUT2D eigenvalue weighted by Crippen LogP contribution is 2.35. The van der Waals surface area contributed by atoms with E-state index in [-0.39, 0.29) is 11.7 Å². The Bertz CT molecular complexity index is 920. The molecule has 5 N–H and O–H groups in total. The fourth-order valence-electron chi connectivity index (χ4n) is 3.26. The lowest BCUT2D eigenvalue weighted by Gasteiger charge is -2.45. The lowest BCUT2D eigenvalue weighted by atomic mass is 9.88. The first-order valence-corrected chi connectivity index (χ1v) is 9.70. The van der Waals surface area contributed by atoms with Crippen molar-refractivity contribution in [1.82, 2.24) is 5.32 Å². The predicted octanol–water partition coefficient (Wildman–Crippen LogP) is 0.935. The number of benzene rings is 2. The number of halogens is 1. The lowest BCUT2D eigenvalue weighted by molar-refractivity contribution is -0.314. The van der Waals surface area contributed by atoms with Gasteiger partial charge in [-0.15, -0.1) is 0 Å². The third kappa shape index (κ3) is 4.29. The van der Waals surface area contributed by atoms with Crippen LogP contribution in [-0.4, -0.2) is 70.2 Å². The average Bonchev–Trinajstić information content (AvgIpc) is 2.74. The van der Waals surface area contributed by atoms with Gasteiger partial charge in [0.1, 0.15) is 24.1 Å². The van der Waals surface area contributed by atoms with Crippen molar-refractivity contribution < 1.29 is 34.7 Å². The van der Waals surface area contributed by atoms with E-state index in [4.69, 9.17) is 21.1 Å². The van der Waals surface area contributed by atoms with Crippen LogP contribution in [0.25, 0.3) is 11.1 Å². The second kappa shape index (κ2) is 8.89. The van der Waals surface area contributed by atoms with Crippen molar-refractivity contribution in [3.63, 3.8) is 0 Å². The third-order valence-electron chi connectivity index (χ3n) is 5.11. The SMILES string of the molecule is CNC(=O)c1cccc(-c2ccc(OC3OC(CO)C(O)C(O)C3(C)O)cc2Cl)c1. The Hall–Kier alpha value is -2.20. The van der Waals surface area contributed by atoms with Crippen molar-refractivity contribution in [3.05, 3.63) is 53.1 Å². The minimum Gasteiger partial charge on any atom is -0.462 e. The Morgan fingerprint density at radius 2 is 2.00 bits per heavy atom. The molecule has 0 bridgehead atoms. The number of hydrogen-bond donors (Lipinski definition) is 5. The molecule has 5 unspecified atom stereocenters. The zero-order valence-electron chi connectivity index (χ0n) is 16.4. The molecule has 5 atom stereocenters. The van der Waals surface area contributed by atoms with Gasteiger partial charge in [0.15, 0.2) is 5.60 Å². The number of carbonyl (C=O) groups is 1. The second-order valence-corrected chi connectivity index (χ2v) is 7.68. The van der Waals surface area contributed by atoms with Crippen LogP contribution in [0.15, 0.2) is 42.5 Å². The summed E-state index contributed by atoms with van der Waals surface area (Å²) in [5.41, 5.74) is -0.0548. The monoisotopic (exact) mass is 437 g/mol. The Morgan fingerprint density at radius 3 is 2.63 bits per heavy atom. The fourth-order valence-corrected chi connectivity index (χ4v) is 3.54. The quantitative estimate of drug-likeness (QED) is 0.470. The molecule has 2 aromatic carbocycles. The molecular weight excluding hydrogens is 414 g/mol. The van der Waals surface area contributed by atoms with Crippen molar-refractivity contribution in [2.24, 2.45) is 0 Å². The first-order chi connectivity index (χ1) is 14.2. The van der Waals surface area contributed by atoms with E-state index in [0.29, 0.717) is 16.1 Å². The number of aliphatic hydroxyl groups excluding tert-OH is 3. The molecule has 3 rings (SSSR count). The molecule has 1 fully saturated rings. The topological polar surface area (TPSA) is 128 Å². The van der Waals surface area contributed by atoms with Crippen molar-refractivity contribution in [3.8, 4) is 16.9 Å². The third-order valence-corrected chi connectivity index (χ3v) is 5.42. The lowest BCUT2D eigenvalue weighted by Crippen LogP contribution is -2.66. The van der Waals surface area contributed by atoms with Crippen molar-refractivity contribution in [2.75, 3.05) is 13.7 Å². The van der Waals surface area contributed by atoms with Crippen LogP contribution in [0.2, 0.25) is 5.02 Å². The van der Waals surface area contributed by atoms with E-state index in [9.17, 15) is 25.2 Å². The van der Waals surface area contributed by atoms with E-state index in [0.717, 1.165) is 5.56 Å². The van der Waals surface area contributed by atoms with Gasteiger partial charge in [0.25, 0.3) is 5.91 Å². The molecule has 0 aromatic heterocycles. The van der Waals surface area contributed by atoms with Gasteiger partial charge >= 0.3 is 0 Å². The maximum absolute atomic E-state index is 11.9. The van der Waals surface area contributed by atoms with Gasteiger partial charge < -0.3 is 35.2 Å². The molecule has 30 heavy (non-hydrogen) atoms. The molecule has 9 heteroatoms. The molecule has 0 radical (unpaired) electrons. The van der Waals surface area contributed by atoms with E-state index in [1.807, 2.05) is 6.07 Å². The largest absolute Gasteiger partial charge is 0.462 e. The molecule has 1 aliphatic heterocycles. The Balaban J connectivity index is 1.84. The van der Waals surface area contributed by atoms with E-state index in [2.05, 4.69) is 5.32 Å². The molecule has 8 nitrogen and oxygen atoms in total. The maximum atomic E-state index is 11.9. The molecule has 162 valence electrons. The molecule has 0 saturated carbocycles. The van der Waals surface area contributed by atoms with E-state index in [1.54, 1.807) is 37.4 Å². The molecule has 1 saturated heterocycles. The molecule has 1 amide bonds. The van der Waals surface area contributed by atoms with E-state index >= 15 is 0 Å². The molecule has 0 spiro atoms. The number of ether oxygens (including phenoxy) is 2. The number of nitrogens with one attached hydrogen (secondary N) is 1. The Morgan fingerprint density at radius 1 is 1.27 bits per heavy atom. The van der Waals surface area contributed by atoms with Crippen LogP contribution in [0.5, 0.6) is 5.75 Å². The number of amides is 1. The molecule has 0 aliphatic carbocycles. The Labute approximate surface area is 178 Å². The van der Waals surface area contributed by atoms with Crippen LogP contribution >= 0.6 is 11.6 Å². The fraction of sp³-hybridized carbons (Fsp3) is 0.381.